The number of benzene rings is 4. The van der Waals surface area contributed by atoms with Gasteiger partial charge in [0.05, 0.1) is 6.21 Å². The molecule has 0 unspecified atom stereocenters. The number of ether oxygens (including phenoxy) is 2. The lowest BCUT2D eigenvalue weighted by Crippen LogP contribution is -2.24. The zero-order chi connectivity index (χ0) is 23.0. The first kappa shape index (κ1) is 22.3. The molecule has 7 heteroatoms. The zero-order valence-corrected chi connectivity index (χ0v) is 18.3. The molecule has 0 atom stereocenters. The van der Waals surface area contributed by atoms with Gasteiger partial charge in [0, 0.05) is 10.6 Å². The van der Waals surface area contributed by atoms with Crippen LogP contribution in [0.3, 0.4) is 0 Å². The first-order valence-electron chi connectivity index (χ1n) is 10.2. The maximum atomic E-state index is 13.2. The molecular formula is C26H20ClFN2O3. The molecule has 0 saturated carbocycles. The number of hydrogen-bond donors (Lipinski definition) is 1. The van der Waals surface area contributed by atoms with Crippen LogP contribution in [0.2, 0.25) is 5.02 Å². The molecule has 1 N–H and O–H groups in total. The molecular weight excluding hydrogens is 443 g/mol. The predicted octanol–water partition coefficient (Wildman–Crippen LogP) is 5.74. The normalized spacial score (nSPS) is 11.0. The quantitative estimate of drug-likeness (QED) is 0.268. The summed E-state index contributed by atoms with van der Waals surface area (Å²) < 4.78 is 24.6. The van der Waals surface area contributed by atoms with E-state index in [4.69, 9.17) is 21.1 Å². The van der Waals surface area contributed by atoms with E-state index in [0.717, 1.165) is 16.3 Å². The summed E-state index contributed by atoms with van der Waals surface area (Å²) in [5, 5.41) is 6.53. The van der Waals surface area contributed by atoms with Gasteiger partial charge in [-0.15, -0.1) is 0 Å². The highest BCUT2D eigenvalue weighted by molar-refractivity contribution is 6.30. The molecule has 5 nitrogen and oxygen atoms in total. The number of nitrogens with one attached hydrogen (secondary N) is 1. The zero-order valence-electron chi connectivity index (χ0n) is 17.5. The van der Waals surface area contributed by atoms with Gasteiger partial charge < -0.3 is 9.47 Å². The number of amides is 1. The van der Waals surface area contributed by atoms with Crippen LogP contribution in [0.5, 0.6) is 11.5 Å². The Morgan fingerprint density at radius 1 is 0.970 bits per heavy atom. The maximum absolute atomic E-state index is 13.2. The highest BCUT2D eigenvalue weighted by Crippen LogP contribution is 2.27. The lowest BCUT2D eigenvalue weighted by molar-refractivity contribution is -0.123. The molecule has 1 amide bonds. The number of hydrazone groups is 1. The molecule has 0 aliphatic rings. The molecule has 0 aromatic heterocycles. The van der Waals surface area contributed by atoms with Gasteiger partial charge in [0.2, 0.25) is 0 Å². The number of carbonyl (C=O) groups excluding carboxylic acids is 1. The highest BCUT2D eigenvalue weighted by atomic mass is 35.5. The van der Waals surface area contributed by atoms with Crippen LogP contribution in [0.4, 0.5) is 4.39 Å². The summed E-state index contributed by atoms with van der Waals surface area (Å²) in [6.07, 6.45) is 1.54. The van der Waals surface area contributed by atoms with E-state index in [-0.39, 0.29) is 19.0 Å². The number of halogens is 2. The molecule has 0 bridgehead atoms. The van der Waals surface area contributed by atoms with Crippen molar-refractivity contribution in [2.75, 3.05) is 6.61 Å². The van der Waals surface area contributed by atoms with Gasteiger partial charge in [-0.05, 0) is 52.7 Å². The van der Waals surface area contributed by atoms with Crippen molar-refractivity contribution in [3.05, 3.63) is 107 Å². The molecule has 0 spiro atoms. The standard InChI is InChI=1S/C26H20ClFN2O3/c27-20-5-3-6-22(14-20)32-17-26(31)30-29-15-24-23-7-2-1-4-19(23)10-13-25(24)33-16-18-8-11-21(28)12-9-18/h1-15H,16-17H2,(H,30,31)/b29-15+. The molecule has 0 heterocycles. The average Bonchev–Trinajstić information content (AvgIpc) is 2.83. The highest BCUT2D eigenvalue weighted by Gasteiger charge is 2.09. The first-order valence-corrected chi connectivity index (χ1v) is 10.6. The summed E-state index contributed by atoms with van der Waals surface area (Å²) in [5.41, 5.74) is 4.01. The van der Waals surface area contributed by atoms with E-state index < -0.39 is 5.91 Å². The fraction of sp³-hybridized carbons (Fsp3) is 0.0769. The fourth-order valence-corrected chi connectivity index (χ4v) is 3.36. The van der Waals surface area contributed by atoms with Crippen LogP contribution in [0.25, 0.3) is 10.8 Å². The lowest BCUT2D eigenvalue weighted by atomic mass is 10.0. The Morgan fingerprint density at radius 3 is 2.61 bits per heavy atom. The Bertz CT molecular complexity index is 1290. The monoisotopic (exact) mass is 462 g/mol. The molecule has 4 aromatic carbocycles. The van der Waals surface area contributed by atoms with Gasteiger partial charge >= 0.3 is 0 Å². The number of nitrogens with zero attached hydrogens (tertiary/aromatic N) is 1. The number of rotatable bonds is 8. The van der Waals surface area contributed by atoms with Crippen molar-refractivity contribution in [3.63, 3.8) is 0 Å². The summed E-state index contributed by atoms with van der Waals surface area (Å²) in [4.78, 5) is 12.1. The van der Waals surface area contributed by atoms with Crippen molar-refractivity contribution in [2.45, 2.75) is 6.61 Å². The molecule has 0 radical (unpaired) electrons. The SMILES string of the molecule is O=C(COc1cccc(Cl)c1)N/N=C/c1c(OCc2ccc(F)cc2)ccc2ccccc12. The van der Waals surface area contributed by atoms with Gasteiger partial charge in [-0.25, -0.2) is 9.82 Å². The number of fused-ring (bicyclic) bond motifs is 1. The van der Waals surface area contributed by atoms with Crippen molar-refractivity contribution in [2.24, 2.45) is 5.10 Å². The molecule has 0 fully saturated rings. The summed E-state index contributed by atoms with van der Waals surface area (Å²) in [7, 11) is 0. The minimum absolute atomic E-state index is 0.207. The molecule has 4 aromatic rings. The average molecular weight is 463 g/mol. The Labute approximate surface area is 195 Å². The predicted molar refractivity (Wildman–Crippen MR) is 127 cm³/mol. The first-order chi connectivity index (χ1) is 16.1. The van der Waals surface area contributed by atoms with Crippen LogP contribution in [0.15, 0.2) is 90.0 Å². The van der Waals surface area contributed by atoms with Gasteiger partial charge in [0.25, 0.3) is 5.91 Å². The number of hydrogen-bond acceptors (Lipinski definition) is 4. The summed E-state index contributed by atoms with van der Waals surface area (Å²) in [6.45, 7) is 0.0560. The van der Waals surface area contributed by atoms with Crippen molar-refractivity contribution in [1.29, 1.82) is 0 Å². The number of carbonyl (C=O) groups is 1. The van der Waals surface area contributed by atoms with E-state index >= 15 is 0 Å². The second kappa shape index (κ2) is 10.6. The maximum Gasteiger partial charge on any atom is 0.277 e. The summed E-state index contributed by atoms with van der Waals surface area (Å²) >= 11 is 5.91. The van der Waals surface area contributed by atoms with E-state index in [9.17, 15) is 9.18 Å². The third kappa shape index (κ3) is 6.08. The lowest BCUT2D eigenvalue weighted by Gasteiger charge is -2.12. The van der Waals surface area contributed by atoms with Crippen LogP contribution in [0, 0.1) is 5.82 Å². The molecule has 166 valence electrons. The van der Waals surface area contributed by atoms with E-state index in [1.54, 1.807) is 42.6 Å². The van der Waals surface area contributed by atoms with Crippen molar-refractivity contribution in [3.8, 4) is 11.5 Å². The molecule has 33 heavy (non-hydrogen) atoms. The molecule has 0 aliphatic carbocycles. The second-order valence-electron chi connectivity index (χ2n) is 7.15. The Hall–Kier alpha value is -3.90. The van der Waals surface area contributed by atoms with Gasteiger partial charge in [-0.3, -0.25) is 4.79 Å². The van der Waals surface area contributed by atoms with E-state index in [0.29, 0.717) is 22.1 Å². The Balaban J connectivity index is 1.46. The summed E-state index contributed by atoms with van der Waals surface area (Å²) in [5.74, 6) is 0.367. The van der Waals surface area contributed by atoms with Crippen molar-refractivity contribution >= 4 is 34.5 Å². The van der Waals surface area contributed by atoms with Gasteiger partial charge in [-0.2, -0.15) is 5.10 Å². The molecule has 4 rings (SSSR count). The smallest absolute Gasteiger partial charge is 0.277 e. The van der Waals surface area contributed by atoms with Crippen LogP contribution in [0.1, 0.15) is 11.1 Å². The topological polar surface area (TPSA) is 59.9 Å². The second-order valence-corrected chi connectivity index (χ2v) is 7.59. The molecule has 0 saturated heterocycles. The Morgan fingerprint density at radius 2 is 1.79 bits per heavy atom. The van der Waals surface area contributed by atoms with Crippen LogP contribution in [-0.4, -0.2) is 18.7 Å². The van der Waals surface area contributed by atoms with Crippen LogP contribution in [-0.2, 0) is 11.4 Å². The van der Waals surface area contributed by atoms with E-state index in [1.807, 2.05) is 36.4 Å². The fourth-order valence-electron chi connectivity index (χ4n) is 3.18. The van der Waals surface area contributed by atoms with E-state index in [1.165, 1.54) is 12.1 Å². The van der Waals surface area contributed by atoms with Crippen LogP contribution >= 0.6 is 11.6 Å². The van der Waals surface area contributed by atoms with E-state index in [2.05, 4.69) is 10.5 Å². The third-order valence-electron chi connectivity index (χ3n) is 4.79. The van der Waals surface area contributed by atoms with Gasteiger partial charge in [0.15, 0.2) is 6.61 Å². The Kier molecular flexibility index (Phi) is 7.17. The van der Waals surface area contributed by atoms with Crippen LogP contribution < -0.4 is 14.9 Å². The third-order valence-corrected chi connectivity index (χ3v) is 5.02. The molecule has 0 aliphatic heterocycles. The largest absolute Gasteiger partial charge is 0.488 e. The van der Waals surface area contributed by atoms with Crippen molar-refractivity contribution in [1.82, 2.24) is 5.43 Å². The van der Waals surface area contributed by atoms with Gasteiger partial charge in [0.1, 0.15) is 23.9 Å². The minimum Gasteiger partial charge on any atom is -0.488 e. The van der Waals surface area contributed by atoms with Crippen molar-refractivity contribution < 1.29 is 18.7 Å². The minimum atomic E-state index is -0.416. The summed E-state index contributed by atoms with van der Waals surface area (Å²) in [6, 6.07) is 24.5. The van der Waals surface area contributed by atoms with Gasteiger partial charge in [-0.1, -0.05) is 60.1 Å².